The molecule has 3 rings (SSSR count). The highest BCUT2D eigenvalue weighted by Gasteiger charge is 2.42. The van der Waals surface area contributed by atoms with Crippen LogP contribution in [0.15, 0.2) is 24.3 Å². The van der Waals surface area contributed by atoms with Crippen molar-refractivity contribution in [3.8, 4) is 0 Å². The van der Waals surface area contributed by atoms with Gasteiger partial charge in [0.1, 0.15) is 0 Å². The van der Waals surface area contributed by atoms with Crippen molar-refractivity contribution in [2.45, 2.75) is 25.3 Å². The van der Waals surface area contributed by atoms with Gasteiger partial charge in [0, 0.05) is 31.3 Å². The fourth-order valence-electron chi connectivity index (χ4n) is 3.53. The van der Waals surface area contributed by atoms with Crippen LogP contribution in [0.25, 0.3) is 0 Å². The van der Waals surface area contributed by atoms with Crippen LogP contribution in [-0.4, -0.2) is 34.9 Å². The minimum Gasteiger partial charge on any atom is -0.342 e. The van der Waals surface area contributed by atoms with Crippen LogP contribution in [0.5, 0.6) is 0 Å². The summed E-state index contributed by atoms with van der Waals surface area (Å²) in [5, 5.41) is 10.6. The molecule has 1 aromatic rings. The number of nitro groups is 1. The predicted molar refractivity (Wildman–Crippen MR) is 84.8 cm³/mol. The zero-order valence-corrected chi connectivity index (χ0v) is 13.0. The predicted octanol–water partition coefficient (Wildman–Crippen LogP) is 1.75. The van der Waals surface area contributed by atoms with E-state index >= 15 is 0 Å². The molecule has 1 aliphatic heterocycles. The molecular weight excluding hydrogens is 306 g/mol. The molecule has 2 N–H and O–H groups in total. The molecule has 0 bridgehead atoms. The van der Waals surface area contributed by atoms with Crippen molar-refractivity contribution in [3.05, 3.63) is 39.9 Å². The monoisotopic (exact) mass is 325 g/mol. The molecule has 1 saturated carbocycles. The minimum absolute atomic E-state index is 0. The molecule has 3 unspecified atom stereocenters. The van der Waals surface area contributed by atoms with Gasteiger partial charge in [-0.25, -0.2) is 0 Å². The Balaban J connectivity index is 0.00000176. The second-order valence-corrected chi connectivity index (χ2v) is 6.06. The van der Waals surface area contributed by atoms with Gasteiger partial charge in [-0.2, -0.15) is 0 Å². The fourth-order valence-corrected chi connectivity index (χ4v) is 3.53. The van der Waals surface area contributed by atoms with Crippen LogP contribution >= 0.6 is 12.4 Å². The fraction of sp³-hybridized carbons (Fsp3) is 0.533. The number of likely N-dealkylation sites (tertiary alicyclic amines) is 1. The molecule has 7 heteroatoms. The van der Waals surface area contributed by atoms with Crippen LogP contribution in [0, 0.1) is 22.0 Å². The topological polar surface area (TPSA) is 89.5 Å². The maximum Gasteiger partial charge on any atom is 0.269 e. The molecule has 0 aromatic heterocycles. The molecule has 1 amide bonds. The van der Waals surface area contributed by atoms with E-state index in [1.54, 1.807) is 12.1 Å². The van der Waals surface area contributed by atoms with Crippen molar-refractivity contribution in [2.75, 3.05) is 13.1 Å². The standard InChI is InChI=1S/C15H19N3O3.ClH/c16-14-6-3-11-8-17(9-13(11)14)15(19)7-10-1-4-12(5-2-10)18(20)21;/h1-2,4-5,11,13-14H,3,6-9,16H2;1H. The molecule has 3 atom stereocenters. The number of carbonyl (C=O) groups excluding carboxylic acids is 1. The average molecular weight is 326 g/mol. The number of nitro benzene ring substituents is 1. The maximum absolute atomic E-state index is 12.3. The zero-order valence-electron chi connectivity index (χ0n) is 12.2. The SMILES string of the molecule is Cl.NC1CCC2CN(C(=O)Cc3ccc([N+](=O)[O-])cc3)CC12. The lowest BCUT2D eigenvalue weighted by Crippen LogP contribution is -2.34. The van der Waals surface area contributed by atoms with Gasteiger partial charge in [0.25, 0.3) is 5.69 Å². The molecule has 1 saturated heterocycles. The highest BCUT2D eigenvalue weighted by molar-refractivity contribution is 5.85. The average Bonchev–Trinajstić information content (AvgIpc) is 3.02. The van der Waals surface area contributed by atoms with Gasteiger partial charge < -0.3 is 10.6 Å². The number of hydrogen-bond acceptors (Lipinski definition) is 4. The molecule has 2 fully saturated rings. The Morgan fingerprint density at radius 2 is 1.95 bits per heavy atom. The van der Waals surface area contributed by atoms with E-state index in [-0.39, 0.29) is 30.0 Å². The quantitative estimate of drug-likeness (QED) is 0.677. The third kappa shape index (κ3) is 3.23. The van der Waals surface area contributed by atoms with Crippen LogP contribution in [0.1, 0.15) is 18.4 Å². The number of fused-ring (bicyclic) bond motifs is 1. The summed E-state index contributed by atoms with van der Waals surface area (Å²) in [4.78, 5) is 24.4. The molecule has 120 valence electrons. The molecule has 6 nitrogen and oxygen atoms in total. The summed E-state index contributed by atoms with van der Waals surface area (Å²) in [6.07, 6.45) is 2.49. The van der Waals surface area contributed by atoms with Gasteiger partial charge in [-0.15, -0.1) is 12.4 Å². The summed E-state index contributed by atoms with van der Waals surface area (Å²) in [5.74, 6) is 1.09. The number of carbonyl (C=O) groups is 1. The van der Waals surface area contributed by atoms with Gasteiger partial charge in [0.05, 0.1) is 11.3 Å². The zero-order chi connectivity index (χ0) is 15.0. The first kappa shape index (κ1) is 16.7. The van der Waals surface area contributed by atoms with Crippen LogP contribution in [0.4, 0.5) is 5.69 Å². The number of benzene rings is 1. The highest BCUT2D eigenvalue weighted by Crippen LogP contribution is 2.37. The maximum atomic E-state index is 12.3. The van der Waals surface area contributed by atoms with Gasteiger partial charge in [-0.3, -0.25) is 14.9 Å². The molecule has 1 aromatic carbocycles. The lowest BCUT2D eigenvalue weighted by Gasteiger charge is -2.18. The Labute approximate surface area is 135 Å². The first-order valence-corrected chi connectivity index (χ1v) is 7.31. The van der Waals surface area contributed by atoms with Crippen molar-refractivity contribution < 1.29 is 9.72 Å². The summed E-state index contributed by atoms with van der Waals surface area (Å²) in [7, 11) is 0. The summed E-state index contributed by atoms with van der Waals surface area (Å²) in [6, 6.07) is 6.42. The van der Waals surface area contributed by atoms with Crippen LogP contribution in [0.2, 0.25) is 0 Å². The van der Waals surface area contributed by atoms with Crippen LogP contribution in [0.3, 0.4) is 0 Å². The van der Waals surface area contributed by atoms with E-state index in [4.69, 9.17) is 5.73 Å². The number of amides is 1. The number of nitrogens with two attached hydrogens (primary N) is 1. The molecule has 0 spiro atoms. The van der Waals surface area contributed by atoms with E-state index in [1.807, 2.05) is 4.90 Å². The normalized spacial score (nSPS) is 26.4. The number of nitrogens with zero attached hydrogens (tertiary/aromatic N) is 2. The van der Waals surface area contributed by atoms with E-state index in [0.717, 1.165) is 31.5 Å². The van der Waals surface area contributed by atoms with Crippen molar-refractivity contribution in [3.63, 3.8) is 0 Å². The third-order valence-corrected chi connectivity index (χ3v) is 4.77. The molecule has 1 heterocycles. The van der Waals surface area contributed by atoms with Gasteiger partial charge in [-0.05, 0) is 30.2 Å². The molecular formula is C15H20ClN3O3. The van der Waals surface area contributed by atoms with Gasteiger partial charge >= 0.3 is 0 Å². The summed E-state index contributed by atoms with van der Waals surface area (Å²) < 4.78 is 0. The second kappa shape index (κ2) is 6.62. The van der Waals surface area contributed by atoms with Crippen LogP contribution < -0.4 is 5.73 Å². The van der Waals surface area contributed by atoms with E-state index in [9.17, 15) is 14.9 Å². The summed E-state index contributed by atoms with van der Waals surface area (Å²) >= 11 is 0. The second-order valence-electron chi connectivity index (χ2n) is 6.06. The number of rotatable bonds is 3. The number of hydrogen-bond donors (Lipinski definition) is 1. The third-order valence-electron chi connectivity index (χ3n) is 4.77. The van der Waals surface area contributed by atoms with Crippen molar-refractivity contribution in [1.29, 1.82) is 0 Å². The minimum atomic E-state index is -0.436. The van der Waals surface area contributed by atoms with Gasteiger partial charge in [0.2, 0.25) is 5.91 Å². The van der Waals surface area contributed by atoms with Gasteiger partial charge in [0.15, 0.2) is 0 Å². The first-order chi connectivity index (χ1) is 10.0. The van der Waals surface area contributed by atoms with Crippen molar-refractivity contribution >= 4 is 24.0 Å². The Hall–Kier alpha value is -1.66. The van der Waals surface area contributed by atoms with Crippen molar-refractivity contribution in [1.82, 2.24) is 4.90 Å². The lowest BCUT2D eigenvalue weighted by atomic mass is 9.98. The Kier molecular flexibility index (Phi) is 5.03. The Bertz CT molecular complexity index is 564. The van der Waals surface area contributed by atoms with E-state index in [2.05, 4.69) is 0 Å². The number of halogens is 1. The molecule has 22 heavy (non-hydrogen) atoms. The highest BCUT2D eigenvalue weighted by atomic mass is 35.5. The van der Waals surface area contributed by atoms with Crippen LogP contribution in [-0.2, 0) is 11.2 Å². The van der Waals surface area contributed by atoms with E-state index in [0.29, 0.717) is 18.3 Å². The van der Waals surface area contributed by atoms with Crippen molar-refractivity contribution in [2.24, 2.45) is 17.6 Å². The van der Waals surface area contributed by atoms with Gasteiger partial charge in [-0.1, -0.05) is 12.1 Å². The first-order valence-electron chi connectivity index (χ1n) is 7.31. The molecule has 2 aliphatic rings. The smallest absolute Gasteiger partial charge is 0.269 e. The molecule has 0 radical (unpaired) electrons. The summed E-state index contributed by atoms with van der Waals surface area (Å²) in [5.41, 5.74) is 6.94. The largest absolute Gasteiger partial charge is 0.342 e. The Morgan fingerprint density at radius 1 is 1.27 bits per heavy atom. The Morgan fingerprint density at radius 3 is 2.55 bits per heavy atom. The summed E-state index contributed by atoms with van der Waals surface area (Å²) in [6.45, 7) is 1.57. The van der Waals surface area contributed by atoms with E-state index < -0.39 is 4.92 Å². The van der Waals surface area contributed by atoms with E-state index in [1.165, 1.54) is 12.1 Å². The number of non-ortho nitro benzene ring substituents is 1. The molecule has 1 aliphatic carbocycles. The lowest BCUT2D eigenvalue weighted by molar-refractivity contribution is -0.384.